The molecule has 6 heteroatoms. The Morgan fingerprint density at radius 1 is 1.04 bits per heavy atom. The zero-order chi connectivity index (χ0) is 19.7. The van der Waals surface area contributed by atoms with E-state index >= 15 is 0 Å². The van der Waals surface area contributed by atoms with Gasteiger partial charge in [0.2, 0.25) is 0 Å². The molecule has 2 aliphatic heterocycles. The molecule has 0 spiro atoms. The standard InChI is InChI=1S/C22H26N4O2/c1-3-25-20-19(21(27)26(4-2)22(25)28)14-18(23-20)15-24-12-10-17(11-13-24)16-8-6-5-7-9-16/h5-10H,3-4,11-15H2,1-2H3. The summed E-state index contributed by atoms with van der Waals surface area (Å²) in [5.74, 6) is 0.565. The van der Waals surface area contributed by atoms with Gasteiger partial charge in [-0.25, -0.2) is 9.79 Å². The Morgan fingerprint density at radius 3 is 2.43 bits per heavy atom. The second kappa shape index (κ2) is 7.72. The SMILES string of the molecule is CCn1c2c(c(=O)n(CC)c1=O)CC(CN1CC=C(c3ccccc3)CC1)=N2. The van der Waals surface area contributed by atoms with Crippen molar-refractivity contribution < 1.29 is 0 Å². The average Bonchev–Trinajstić information content (AvgIpc) is 3.14. The first-order valence-electron chi connectivity index (χ1n) is 10.0. The molecule has 0 fully saturated rings. The molecule has 4 rings (SSSR count). The maximum atomic E-state index is 12.7. The summed E-state index contributed by atoms with van der Waals surface area (Å²) in [6, 6.07) is 10.5. The van der Waals surface area contributed by atoms with Gasteiger partial charge in [0.05, 0.1) is 5.56 Å². The lowest BCUT2D eigenvalue weighted by Gasteiger charge is -2.26. The minimum absolute atomic E-state index is 0.184. The molecule has 1 aromatic heterocycles. The predicted octanol–water partition coefficient (Wildman–Crippen LogP) is 2.47. The molecule has 0 aliphatic carbocycles. The van der Waals surface area contributed by atoms with E-state index < -0.39 is 0 Å². The van der Waals surface area contributed by atoms with Gasteiger partial charge in [-0.1, -0.05) is 36.4 Å². The first-order chi connectivity index (χ1) is 13.6. The second-order valence-electron chi connectivity index (χ2n) is 7.31. The lowest BCUT2D eigenvalue weighted by atomic mass is 9.99. The van der Waals surface area contributed by atoms with Crippen LogP contribution in [0.5, 0.6) is 0 Å². The molecule has 0 atom stereocenters. The van der Waals surface area contributed by atoms with Crippen molar-refractivity contribution in [1.29, 1.82) is 0 Å². The zero-order valence-electron chi connectivity index (χ0n) is 16.5. The molecule has 1 aromatic carbocycles. The van der Waals surface area contributed by atoms with Crippen molar-refractivity contribution in [2.24, 2.45) is 4.99 Å². The van der Waals surface area contributed by atoms with Crippen LogP contribution in [-0.4, -0.2) is 39.4 Å². The first kappa shape index (κ1) is 18.6. The van der Waals surface area contributed by atoms with Crippen LogP contribution in [0.15, 0.2) is 51.0 Å². The number of nitrogens with zero attached hydrogens (tertiary/aromatic N) is 4. The summed E-state index contributed by atoms with van der Waals surface area (Å²) in [5, 5.41) is 0. The van der Waals surface area contributed by atoms with Crippen LogP contribution < -0.4 is 11.2 Å². The highest BCUT2D eigenvalue weighted by Crippen LogP contribution is 2.25. The Labute approximate surface area is 164 Å². The minimum atomic E-state index is -0.257. The van der Waals surface area contributed by atoms with E-state index in [-0.39, 0.29) is 11.2 Å². The quantitative estimate of drug-likeness (QED) is 0.803. The minimum Gasteiger partial charge on any atom is -0.294 e. The van der Waals surface area contributed by atoms with Gasteiger partial charge in [0.25, 0.3) is 5.56 Å². The summed E-state index contributed by atoms with van der Waals surface area (Å²) in [5.41, 5.74) is 3.87. The molecule has 28 heavy (non-hydrogen) atoms. The largest absolute Gasteiger partial charge is 0.332 e. The van der Waals surface area contributed by atoms with E-state index in [1.165, 1.54) is 15.7 Å². The molecule has 6 nitrogen and oxygen atoms in total. The second-order valence-corrected chi connectivity index (χ2v) is 7.31. The van der Waals surface area contributed by atoms with Crippen molar-refractivity contribution >= 4 is 17.1 Å². The summed E-state index contributed by atoms with van der Waals surface area (Å²) in [7, 11) is 0. The predicted molar refractivity (Wildman–Crippen MR) is 113 cm³/mol. The fourth-order valence-electron chi connectivity index (χ4n) is 4.10. The summed E-state index contributed by atoms with van der Waals surface area (Å²) < 4.78 is 2.94. The maximum Gasteiger partial charge on any atom is 0.332 e. The zero-order valence-corrected chi connectivity index (χ0v) is 16.5. The lowest BCUT2D eigenvalue weighted by Crippen LogP contribution is -2.40. The van der Waals surface area contributed by atoms with Crippen LogP contribution in [0.1, 0.15) is 31.4 Å². The van der Waals surface area contributed by atoms with Gasteiger partial charge in [-0.3, -0.25) is 18.8 Å². The summed E-state index contributed by atoms with van der Waals surface area (Å²) in [4.78, 5) is 32.2. The Hall–Kier alpha value is -2.73. The third-order valence-electron chi connectivity index (χ3n) is 5.61. The maximum absolute atomic E-state index is 12.7. The van der Waals surface area contributed by atoms with Crippen LogP contribution in [0.4, 0.5) is 5.82 Å². The van der Waals surface area contributed by atoms with Gasteiger partial charge in [0.1, 0.15) is 5.82 Å². The summed E-state index contributed by atoms with van der Waals surface area (Å²) in [6.07, 6.45) is 3.83. The van der Waals surface area contributed by atoms with E-state index in [0.29, 0.717) is 30.9 Å². The fraction of sp³-hybridized carbons (Fsp3) is 0.409. The van der Waals surface area contributed by atoms with Gasteiger partial charge in [0.15, 0.2) is 0 Å². The normalized spacial score (nSPS) is 16.6. The number of rotatable bonds is 5. The van der Waals surface area contributed by atoms with Crippen molar-refractivity contribution in [1.82, 2.24) is 14.0 Å². The van der Waals surface area contributed by atoms with Gasteiger partial charge in [-0.05, 0) is 31.4 Å². The molecular formula is C22H26N4O2. The molecule has 146 valence electrons. The topological polar surface area (TPSA) is 59.6 Å². The van der Waals surface area contributed by atoms with Crippen molar-refractivity contribution in [2.75, 3.05) is 19.6 Å². The van der Waals surface area contributed by atoms with Crippen LogP contribution in [0, 0.1) is 0 Å². The molecule has 0 amide bonds. The molecule has 0 radical (unpaired) electrons. The van der Waals surface area contributed by atoms with Crippen molar-refractivity contribution in [3.63, 3.8) is 0 Å². The third kappa shape index (κ3) is 3.29. The summed E-state index contributed by atoms with van der Waals surface area (Å²) in [6.45, 7) is 7.23. The van der Waals surface area contributed by atoms with Gasteiger partial charge < -0.3 is 0 Å². The molecule has 3 heterocycles. The number of hydrogen-bond donors (Lipinski definition) is 0. The fourth-order valence-corrected chi connectivity index (χ4v) is 4.10. The number of fused-ring (bicyclic) bond motifs is 1. The van der Waals surface area contributed by atoms with Crippen molar-refractivity contribution in [3.05, 3.63) is 68.4 Å². The number of benzene rings is 1. The van der Waals surface area contributed by atoms with E-state index in [2.05, 4.69) is 35.2 Å². The highest BCUT2D eigenvalue weighted by molar-refractivity contribution is 5.94. The molecule has 2 aromatic rings. The molecule has 0 bridgehead atoms. The van der Waals surface area contributed by atoms with E-state index in [1.54, 1.807) is 4.57 Å². The van der Waals surface area contributed by atoms with E-state index in [0.717, 1.165) is 31.8 Å². The Bertz CT molecular complexity index is 1060. The number of aromatic nitrogens is 2. The number of aliphatic imine (C=N–C) groups is 1. The molecule has 0 unspecified atom stereocenters. The van der Waals surface area contributed by atoms with Gasteiger partial charge in [0, 0.05) is 44.9 Å². The molecule has 0 saturated heterocycles. The first-order valence-corrected chi connectivity index (χ1v) is 10.0. The Morgan fingerprint density at radius 2 is 1.79 bits per heavy atom. The third-order valence-corrected chi connectivity index (χ3v) is 5.61. The van der Waals surface area contributed by atoms with Crippen LogP contribution in [0.2, 0.25) is 0 Å². The van der Waals surface area contributed by atoms with E-state index in [4.69, 9.17) is 4.99 Å². The van der Waals surface area contributed by atoms with Crippen molar-refractivity contribution in [3.8, 4) is 0 Å². The molecular weight excluding hydrogens is 352 g/mol. The lowest BCUT2D eigenvalue weighted by molar-refractivity contribution is 0.343. The molecule has 0 saturated carbocycles. The van der Waals surface area contributed by atoms with Crippen molar-refractivity contribution in [2.45, 2.75) is 39.8 Å². The molecule has 0 N–H and O–H groups in total. The van der Waals surface area contributed by atoms with Crippen LogP contribution >= 0.6 is 0 Å². The highest BCUT2D eigenvalue weighted by Gasteiger charge is 2.25. The van der Waals surface area contributed by atoms with Gasteiger partial charge >= 0.3 is 5.69 Å². The smallest absolute Gasteiger partial charge is 0.294 e. The van der Waals surface area contributed by atoms with Gasteiger partial charge in [-0.2, -0.15) is 0 Å². The Kier molecular flexibility index (Phi) is 5.13. The van der Waals surface area contributed by atoms with E-state index in [9.17, 15) is 9.59 Å². The average molecular weight is 378 g/mol. The molecule has 2 aliphatic rings. The number of hydrogen-bond acceptors (Lipinski definition) is 4. The monoisotopic (exact) mass is 378 g/mol. The van der Waals surface area contributed by atoms with Crippen LogP contribution in [0.25, 0.3) is 5.57 Å². The Balaban J connectivity index is 1.52. The van der Waals surface area contributed by atoms with E-state index in [1.807, 2.05) is 19.9 Å². The van der Waals surface area contributed by atoms with Gasteiger partial charge in [-0.15, -0.1) is 0 Å². The van der Waals surface area contributed by atoms with Crippen LogP contribution in [-0.2, 0) is 19.5 Å². The van der Waals surface area contributed by atoms with Crippen LogP contribution in [0.3, 0.4) is 0 Å². The highest BCUT2D eigenvalue weighted by atomic mass is 16.2. The summed E-state index contributed by atoms with van der Waals surface area (Å²) >= 11 is 0.